The average Bonchev–Trinajstić information content (AvgIpc) is 0.827. The second-order valence-electron chi connectivity index (χ2n) is 33.2. The topological polar surface area (TPSA) is 607 Å². The molecule has 7 aromatic carbocycles. The summed E-state index contributed by atoms with van der Waals surface area (Å²) in [5.41, 5.74) is 9.26. The first-order valence-electron chi connectivity index (χ1n) is 43.7. The van der Waals surface area contributed by atoms with Crippen LogP contribution in [0.2, 0.25) is 10.0 Å². The maximum absolute atomic E-state index is 16.9. The molecule has 2 saturated heterocycles. The lowest BCUT2D eigenvalue weighted by molar-refractivity contribution is -0.277. The average molecular weight is 1870 g/mol. The Kier molecular flexibility index (Phi) is 33.0. The van der Waals surface area contributed by atoms with Gasteiger partial charge in [-0.05, 0) is 172 Å². The van der Waals surface area contributed by atoms with E-state index in [4.69, 9.17) is 67.8 Å². The van der Waals surface area contributed by atoms with E-state index in [1.165, 1.54) is 61.6 Å². The third-order valence-electron chi connectivity index (χ3n) is 23.8. The summed E-state index contributed by atoms with van der Waals surface area (Å²) in [6, 6.07) is 6.48. The fourth-order valence-electron chi connectivity index (χ4n) is 16.7. The van der Waals surface area contributed by atoms with Crippen molar-refractivity contribution in [2.45, 2.75) is 200 Å². The van der Waals surface area contributed by atoms with Crippen LogP contribution in [-0.4, -0.2) is 246 Å². The van der Waals surface area contributed by atoms with Crippen molar-refractivity contribution in [1.29, 1.82) is 0 Å². The molecule has 8 heterocycles. The molecule has 0 aliphatic carbocycles. The van der Waals surface area contributed by atoms with Gasteiger partial charge in [0.15, 0.2) is 23.0 Å². The van der Waals surface area contributed by atoms with E-state index in [2.05, 4.69) is 59.7 Å². The third-order valence-corrected chi connectivity index (χ3v) is 24.5. The van der Waals surface area contributed by atoms with Gasteiger partial charge in [-0.3, -0.25) is 38.4 Å². The molecule has 18 atom stereocenters. The summed E-state index contributed by atoms with van der Waals surface area (Å²) in [5, 5.41) is 163. The summed E-state index contributed by atoms with van der Waals surface area (Å²) < 4.78 is 45.1. The molecule has 0 aromatic heterocycles. The van der Waals surface area contributed by atoms with Crippen LogP contribution < -0.4 is 83.0 Å². The summed E-state index contributed by atoms with van der Waals surface area (Å²) in [6.07, 6.45) is -11.7. The number of phenols is 4. The molecule has 8 amide bonds. The molecule has 0 saturated carbocycles. The van der Waals surface area contributed by atoms with Gasteiger partial charge in [-0.15, -0.1) is 0 Å². The second kappa shape index (κ2) is 44.4. The predicted octanol–water partition coefficient (Wildman–Crippen LogP) is 3.27. The molecular formula is C91H110Cl2N12O27. The number of aliphatic hydroxyl groups excluding tert-OH is 8. The smallest absolute Gasteiger partial charge is 0.248 e. The molecule has 710 valence electrons. The highest BCUT2D eigenvalue weighted by Crippen LogP contribution is 2.51. The Morgan fingerprint density at radius 2 is 1.13 bits per heavy atom. The Morgan fingerprint density at radius 1 is 0.523 bits per heavy atom. The molecule has 0 spiro atoms. The second-order valence-corrected chi connectivity index (χ2v) is 33.9. The van der Waals surface area contributed by atoms with E-state index in [1.54, 1.807) is 0 Å². The van der Waals surface area contributed by atoms with Gasteiger partial charge in [-0.1, -0.05) is 105 Å². The van der Waals surface area contributed by atoms with Crippen LogP contribution in [0.4, 0.5) is 0 Å². The number of likely N-dealkylation sites (N-methyl/N-ethyl adjacent to an activating group) is 1. The Morgan fingerprint density at radius 3 is 1.81 bits per heavy atom. The standard InChI is InChI=1S/C91H110Cl2N12O27/c1-3-4-5-6-7-8-9-10-14-66(112)99-75-79(116)77(114)64(41-106)130-90(75)132-82-62-35-47-36-63(82)128-59-24-19-46(33-54(59)92)76(113)74-89(125)103-72(84(120)97-27-13-30-105(28-11-25-94)29-12-26-95)52-37-48(108)38-61(129-91-81(118)80(117)78(115)65(42-107)131-91)67(52)51-32-44(17-22-56(51)109)70(86(122)104-74)100-87(123)71(47)101-88(124)73-53-39-50(40-58(111)68(53)93)127-60-34-45(18-23-57(60)110)69(96-2)85(121)98-55(83(119)102-73)31-43-15-20-49(126-62)21-16-43/h15-24,32-40,55,64-65,69-81,90-91,96,106-111,113-118H,3-14,25-31,41-42,94-95H2,1-2H3,(H,97,120)(H,98,121)(H,99,112)(H,100,123)(H,101,124)(H,102,119)(H,103,125)(H,104,122)/t55-,64-,65-,69+,70-,71-,72+,73+,74+,75-,76-,77-,78-,79-,80+,81+,90+,91+/m1/s1. The lowest BCUT2D eigenvalue weighted by Crippen LogP contribution is -2.65. The molecule has 8 aliphatic rings. The van der Waals surface area contributed by atoms with Gasteiger partial charge in [0, 0.05) is 48.2 Å². The van der Waals surface area contributed by atoms with Crippen molar-refractivity contribution in [2.24, 2.45) is 11.5 Å². The van der Waals surface area contributed by atoms with Crippen LogP contribution in [0.3, 0.4) is 0 Å². The minimum atomic E-state index is -2.41. The summed E-state index contributed by atoms with van der Waals surface area (Å²) >= 11 is 14.4. The molecule has 25 N–H and O–H groups in total. The first-order valence-corrected chi connectivity index (χ1v) is 44.5. The van der Waals surface area contributed by atoms with Gasteiger partial charge in [0.2, 0.25) is 65.6 Å². The summed E-state index contributed by atoms with van der Waals surface area (Å²) in [5.74, 6) is -15.5. The number of fused-ring (bicyclic) bond motifs is 14. The highest BCUT2D eigenvalue weighted by atomic mass is 35.5. The van der Waals surface area contributed by atoms with Gasteiger partial charge in [-0.25, -0.2) is 0 Å². The SMILES string of the molecule is CCCCCCCCCCC(=O)N[C@H]1[C@H](Oc2c3cc4cc2Oc2ccc(cc2Cl)[C@@H](O)[C@@H]2NC(=O)[C@H](NC(=O)[C@@H]4NC(=O)[C@H]4NC(=O)[C@@H](Cc5ccc(cc5)O3)NC(=O)[C@@H](NC)c3ccc(O)c(c3)Oc3cc(O)c(Cl)c4c3)c3ccc(O)c(c3)-c3c(O[C@H]4O[C@H](CO)[C@@H](O)[C@H](O)[C@@H]4O)cc(O)cc3[C@@H](C(=O)NCCCN(CCCN)CCCN)NC2=O)O[C@H](CO)[C@@H](O)[C@@H]1O. The molecule has 41 heteroatoms. The number of hydrogen-bond acceptors (Lipinski definition) is 31. The van der Waals surface area contributed by atoms with Gasteiger partial charge < -0.3 is 159 Å². The zero-order valence-corrected chi connectivity index (χ0v) is 73.6. The number of ether oxygens (including phenoxy) is 7. The number of carbonyl (C=O) groups excluding carboxylic acids is 8. The molecule has 7 aromatic rings. The van der Waals surface area contributed by atoms with Crippen molar-refractivity contribution >= 4 is 70.5 Å². The number of rotatable bonds is 28. The van der Waals surface area contributed by atoms with Crippen molar-refractivity contribution in [1.82, 2.24) is 52.8 Å². The van der Waals surface area contributed by atoms with Crippen LogP contribution in [0.5, 0.6) is 69.0 Å². The van der Waals surface area contributed by atoms with Gasteiger partial charge in [0.05, 0.1) is 23.3 Å². The first-order chi connectivity index (χ1) is 63.4. The van der Waals surface area contributed by atoms with Crippen LogP contribution in [0.1, 0.15) is 159 Å². The zero-order valence-electron chi connectivity index (χ0n) is 72.1. The zero-order chi connectivity index (χ0) is 94.5. The van der Waals surface area contributed by atoms with E-state index in [1.807, 2.05) is 0 Å². The van der Waals surface area contributed by atoms with E-state index in [-0.39, 0.29) is 59.9 Å². The number of nitrogens with zero attached hydrogens (tertiary/aromatic N) is 1. The molecule has 2 fully saturated rings. The minimum absolute atomic E-state index is 0.0778. The number of halogens is 2. The number of nitrogens with two attached hydrogens (primary N) is 2. The number of benzene rings is 7. The fraction of sp³-hybridized carbons (Fsp3) is 0.451. The molecule has 132 heavy (non-hydrogen) atoms. The van der Waals surface area contributed by atoms with Crippen LogP contribution in [-0.2, 0) is 54.3 Å². The number of carbonyl (C=O) groups is 8. The Balaban J connectivity index is 1.03. The normalized spacial score (nSPS) is 25.4. The quantitative estimate of drug-likeness (QED) is 0.0313. The van der Waals surface area contributed by atoms with Crippen LogP contribution >= 0.6 is 23.2 Å². The number of hydrogen-bond donors (Lipinski definition) is 23. The van der Waals surface area contributed by atoms with Gasteiger partial charge >= 0.3 is 0 Å². The monoisotopic (exact) mass is 1870 g/mol. The molecule has 39 nitrogen and oxygen atoms in total. The van der Waals surface area contributed by atoms with Crippen molar-refractivity contribution in [3.63, 3.8) is 0 Å². The number of aliphatic hydroxyl groups is 8. The molecule has 0 unspecified atom stereocenters. The van der Waals surface area contributed by atoms with Crippen LogP contribution in [0.25, 0.3) is 11.1 Å². The largest absolute Gasteiger partial charge is 0.508 e. The van der Waals surface area contributed by atoms with E-state index < -0.39 is 260 Å². The van der Waals surface area contributed by atoms with Gasteiger partial charge in [0.1, 0.15) is 137 Å². The summed E-state index contributed by atoms with van der Waals surface area (Å²) in [4.78, 5) is 128. The fourth-order valence-corrected chi connectivity index (χ4v) is 17.1. The molecule has 17 bridgehead atoms. The Labute approximate surface area is 767 Å². The Bertz CT molecular complexity index is 5330. The van der Waals surface area contributed by atoms with Gasteiger partial charge in [-0.2, -0.15) is 0 Å². The van der Waals surface area contributed by atoms with Crippen molar-refractivity contribution < 1.29 is 133 Å². The van der Waals surface area contributed by atoms with Crippen molar-refractivity contribution in [2.75, 3.05) is 59.5 Å². The van der Waals surface area contributed by atoms with E-state index >= 15 is 28.8 Å². The lowest BCUT2D eigenvalue weighted by atomic mass is 9.89. The maximum Gasteiger partial charge on any atom is 0.248 e. The number of amides is 8. The lowest BCUT2D eigenvalue weighted by Gasteiger charge is -2.42. The third kappa shape index (κ3) is 22.7. The molecule has 15 rings (SSSR count). The highest BCUT2D eigenvalue weighted by Gasteiger charge is 2.50. The van der Waals surface area contributed by atoms with E-state index in [0.29, 0.717) is 64.0 Å². The van der Waals surface area contributed by atoms with Gasteiger partial charge in [0.25, 0.3) is 0 Å². The molecule has 0 radical (unpaired) electrons. The molecular weight excluding hydrogens is 1760 g/mol. The minimum Gasteiger partial charge on any atom is -0.508 e. The van der Waals surface area contributed by atoms with Crippen LogP contribution in [0.15, 0.2) is 115 Å². The number of nitrogens with one attached hydrogen (secondary N) is 9. The van der Waals surface area contributed by atoms with Crippen molar-refractivity contribution in [3.05, 3.63) is 164 Å². The summed E-state index contributed by atoms with van der Waals surface area (Å²) in [6.45, 7) is 2.33. The number of phenolic OH excluding ortho intramolecular Hbond substituents is 4. The predicted molar refractivity (Wildman–Crippen MR) is 472 cm³/mol. The maximum atomic E-state index is 16.9. The number of unbranched alkanes of at least 4 members (excludes halogenated alkanes) is 7. The van der Waals surface area contributed by atoms with Crippen LogP contribution in [0, 0.1) is 0 Å². The highest BCUT2D eigenvalue weighted by molar-refractivity contribution is 6.33. The number of aromatic hydroxyl groups is 4. The van der Waals surface area contributed by atoms with Crippen molar-refractivity contribution in [3.8, 4) is 80.1 Å². The summed E-state index contributed by atoms with van der Waals surface area (Å²) in [7, 11) is 1.44. The van der Waals surface area contributed by atoms with E-state index in [9.17, 15) is 70.9 Å². The van der Waals surface area contributed by atoms with E-state index in [0.717, 1.165) is 99.2 Å². The first kappa shape index (κ1) is 98.0. The molecule has 8 aliphatic heterocycles. The Hall–Kier alpha value is -11.5.